The van der Waals surface area contributed by atoms with Gasteiger partial charge in [0.25, 0.3) is 24.1 Å². The molecule has 1 saturated heterocycles. The van der Waals surface area contributed by atoms with Crippen LogP contribution in [0.3, 0.4) is 0 Å². The van der Waals surface area contributed by atoms with Gasteiger partial charge in [0.2, 0.25) is 0 Å². The minimum atomic E-state index is -1.49. The average Bonchev–Trinajstić information content (AvgIpc) is 3.09. The van der Waals surface area contributed by atoms with Gasteiger partial charge in [-0.05, 0) is 29.3 Å². The van der Waals surface area contributed by atoms with Gasteiger partial charge in [0, 0.05) is 25.5 Å². The van der Waals surface area contributed by atoms with Gasteiger partial charge in [-0.25, -0.2) is 9.37 Å². The van der Waals surface area contributed by atoms with Gasteiger partial charge in [0.05, 0.1) is 12.1 Å². The number of benzene rings is 1. The zero-order chi connectivity index (χ0) is 21.3. The minimum Gasteiger partial charge on any atom is -0.546 e. The molecular weight excluding hydrogens is 404 g/mol. The highest BCUT2D eigenvalue weighted by Crippen LogP contribution is 2.20. The van der Waals surface area contributed by atoms with Crippen LogP contribution in [0, 0.1) is 0 Å². The standard InChI is InChI=1S/C18H19ClN4O6/c1-21-15-14(16(25)22(2)18(21)28)23(9-20-15)8-11(24)7-13(17(26)27)29-12-5-3-10(19)4-6-12/h3-6,9,11,13-14,24H,7-8H2,1-2H3. The summed E-state index contributed by atoms with van der Waals surface area (Å²) in [5.74, 6) is -1.46. The van der Waals surface area contributed by atoms with E-state index in [2.05, 4.69) is 4.99 Å². The van der Waals surface area contributed by atoms with Gasteiger partial charge in [-0.15, -0.1) is 0 Å². The number of rotatable bonds is 7. The number of likely N-dealkylation sites (N-methyl/N-ethyl adjacent to an activating group) is 2. The lowest BCUT2D eigenvalue weighted by molar-refractivity contribution is -0.539. The number of amides is 3. The van der Waals surface area contributed by atoms with Crippen molar-refractivity contribution in [2.75, 3.05) is 20.6 Å². The number of urea groups is 1. The van der Waals surface area contributed by atoms with E-state index < -0.39 is 36.2 Å². The fraction of sp³-hybridized carbons (Fsp3) is 0.389. The number of aliphatic imine (C=N–C) groups is 1. The summed E-state index contributed by atoms with van der Waals surface area (Å²) in [5, 5.41) is 22.3. The number of nitrogens with zero attached hydrogens (tertiary/aromatic N) is 4. The Labute approximate surface area is 171 Å². The molecule has 3 unspecified atom stereocenters. The summed E-state index contributed by atoms with van der Waals surface area (Å²) in [6, 6.07) is 4.72. The van der Waals surface area contributed by atoms with Crippen LogP contribution in [0.2, 0.25) is 5.02 Å². The lowest BCUT2D eigenvalue weighted by atomic mass is 10.1. The quantitative estimate of drug-likeness (QED) is 0.558. The summed E-state index contributed by atoms with van der Waals surface area (Å²) in [7, 11) is 2.86. The van der Waals surface area contributed by atoms with Gasteiger partial charge in [0.15, 0.2) is 0 Å². The van der Waals surface area contributed by atoms with Gasteiger partial charge in [-0.2, -0.15) is 0 Å². The maximum Gasteiger partial charge on any atom is 0.333 e. The van der Waals surface area contributed by atoms with Gasteiger partial charge >= 0.3 is 6.03 Å². The molecule has 2 heterocycles. The normalized spacial score (nSPS) is 20.8. The van der Waals surface area contributed by atoms with Crippen molar-refractivity contribution in [2.24, 2.45) is 4.99 Å². The van der Waals surface area contributed by atoms with Crippen molar-refractivity contribution >= 4 is 41.7 Å². The van der Waals surface area contributed by atoms with E-state index in [1.54, 1.807) is 12.1 Å². The molecule has 154 valence electrons. The second-order valence-corrected chi connectivity index (χ2v) is 7.15. The number of halogens is 1. The minimum absolute atomic E-state index is 0.0902. The van der Waals surface area contributed by atoms with E-state index in [0.717, 1.165) is 4.90 Å². The van der Waals surface area contributed by atoms with Crippen LogP contribution in [0.15, 0.2) is 29.3 Å². The SMILES string of the molecule is CN1C(=O)C2C(=NC=[N+]2CC(O)CC(Oc2ccc(Cl)cc2)C(=O)[O-])N(C)C1=O. The summed E-state index contributed by atoms with van der Waals surface area (Å²) >= 11 is 5.79. The molecule has 1 fully saturated rings. The number of carboxylic acids is 1. The van der Waals surface area contributed by atoms with Crippen LogP contribution >= 0.6 is 11.6 Å². The number of β-amino-alcohol motifs (C(OH)–C–C–N with tert-alkyl or cyclic N) is 1. The molecule has 1 N–H and O–H groups in total. The highest BCUT2D eigenvalue weighted by molar-refractivity contribution is 6.30. The molecule has 11 heteroatoms. The van der Waals surface area contributed by atoms with E-state index in [9.17, 15) is 24.6 Å². The van der Waals surface area contributed by atoms with Crippen LogP contribution < -0.4 is 9.84 Å². The Morgan fingerprint density at radius 3 is 2.59 bits per heavy atom. The molecular formula is C18H19ClN4O6. The molecule has 29 heavy (non-hydrogen) atoms. The topological polar surface area (TPSA) is 126 Å². The third kappa shape index (κ3) is 4.22. The fourth-order valence-corrected chi connectivity index (χ4v) is 3.26. The number of carboxylic acid groups (broad SMARTS) is 1. The zero-order valence-electron chi connectivity index (χ0n) is 15.7. The van der Waals surface area contributed by atoms with Crippen molar-refractivity contribution in [2.45, 2.75) is 24.7 Å². The van der Waals surface area contributed by atoms with E-state index in [4.69, 9.17) is 16.3 Å². The van der Waals surface area contributed by atoms with Crippen LogP contribution in [0.25, 0.3) is 0 Å². The number of aliphatic carboxylic acids is 1. The highest BCUT2D eigenvalue weighted by atomic mass is 35.5. The first-order valence-corrected chi connectivity index (χ1v) is 9.10. The molecule has 0 aromatic heterocycles. The monoisotopic (exact) mass is 422 g/mol. The molecule has 1 aromatic carbocycles. The van der Waals surface area contributed by atoms with Gasteiger partial charge in [-0.3, -0.25) is 14.6 Å². The first kappa shape index (κ1) is 20.7. The van der Waals surface area contributed by atoms with E-state index >= 15 is 0 Å². The smallest absolute Gasteiger partial charge is 0.333 e. The number of ether oxygens (including phenoxy) is 1. The summed E-state index contributed by atoms with van der Waals surface area (Å²) in [6.07, 6.45) is -1.52. The third-order valence-corrected chi connectivity index (χ3v) is 4.91. The molecule has 3 atom stereocenters. The number of hydrogen-bond acceptors (Lipinski definition) is 7. The first-order chi connectivity index (χ1) is 13.7. The van der Waals surface area contributed by atoms with Crippen LogP contribution in [0.1, 0.15) is 6.42 Å². The zero-order valence-corrected chi connectivity index (χ0v) is 16.4. The van der Waals surface area contributed by atoms with Gasteiger partial charge in [0.1, 0.15) is 18.4 Å². The van der Waals surface area contributed by atoms with Crippen LogP contribution in [0.4, 0.5) is 4.79 Å². The van der Waals surface area contributed by atoms with Crippen molar-refractivity contribution in [3.05, 3.63) is 29.3 Å². The van der Waals surface area contributed by atoms with E-state index in [0.29, 0.717) is 5.02 Å². The average molecular weight is 423 g/mol. The Hall–Kier alpha value is -2.98. The number of aliphatic hydroxyl groups excluding tert-OH is 1. The Kier molecular flexibility index (Phi) is 5.85. The predicted octanol–water partition coefficient (Wildman–Crippen LogP) is -1.07. The number of hydrogen-bond donors (Lipinski definition) is 1. The van der Waals surface area contributed by atoms with Crippen molar-refractivity contribution in [1.82, 2.24) is 9.80 Å². The molecule has 0 aliphatic carbocycles. The summed E-state index contributed by atoms with van der Waals surface area (Å²) in [4.78, 5) is 42.2. The van der Waals surface area contributed by atoms with E-state index in [1.165, 1.54) is 42.0 Å². The molecule has 2 aliphatic rings. The van der Waals surface area contributed by atoms with Crippen molar-refractivity contribution in [3.63, 3.8) is 0 Å². The van der Waals surface area contributed by atoms with Crippen LogP contribution in [0.5, 0.6) is 5.75 Å². The van der Waals surface area contributed by atoms with Crippen molar-refractivity contribution in [3.8, 4) is 5.75 Å². The lowest BCUT2D eigenvalue weighted by Gasteiger charge is -2.31. The maximum atomic E-state index is 12.5. The number of imide groups is 1. The predicted molar refractivity (Wildman–Crippen MR) is 99.8 cm³/mol. The molecule has 10 nitrogen and oxygen atoms in total. The Balaban J connectivity index is 1.65. The molecule has 3 amide bonds. The Bertz CT molecular complexity index is 900. The van der Waals surface area contributed by atoms with E-state index in [-0.39, 0.29) is 24.6 Å². The number of amidine groups is 1. The number of aliphatic hydroxyl groups is 1. The Morgan fingerprint density at radius 1 is 1.31 bits per heavy atom. The first-order valence-electron chi connectivity index (χ1n) is 8.72. The van der Waals surface area contributed by atoms with Gasteiger partial charge in [-0.1, -0.05) is 11.6 Å². The van der Waals surface area contributed by atoms with Crippen molar-refractivity contribution < 1.29 is 33.9 Å². The molecule has 0 spiro atoms. The summed E-state index contributed by atoms with van der Waals surface area (Å²) < 4.78 is 6.83. The molecule has 0 radical (unpaired) electrons. The third-order valence-electron chi connectivity index (χ3n) is 4.66. The fourth-order valence-electron chi connectivity index (χ4n) is 3.13. The number of carbonyl (C=O) groups excluding carboxylic acids is 3. The number of carbonyl (C=O) groups is 3. The second-order valence-electron chi connectivity index (χ2n) is 6.71. The molecule has 0 bridgehead atoms. The van der Waals surface area contributed by atoms with Crippen molar-refractivity contribution in [1.29, 1.82) is 0 Å². The highest BCUT2D eigenvalue weighted by Gasteiger charge is 2.50. The van der Waals surface area contributed by atoms with E-state index in [1.807, 2.05) is 0 Å². The molecule has 2 aliphatic heterocycles. The second kappa shape index (κ2) is 8.18. The summed E-state index contributed by atoms with van der Waals surface area (Å²) in [5.41, 5.74) is 0. The lowest BCUT2D eigenvalue weighted by Crippen LogP contribution is -2.62. The Morgan fingerprint density at radius 2 is 1.97 bits per heavy atom. The number of fused-ring (bicyclic) bond motifs is 1. The molecule has 0 saturated carbocycles. The molecule has 1 aromatic rings. The summed E-state index contributed by atoms with van der Waals surface area (Å²) in [6.45, 7) is -0.0902. The van der Waals surface area contributed by atoms with Crippen LogP contribution in [-0.4, -0.2) is 88.5 Å². The van der Waals surface area contributed by atoms with Gasteiger partial charge < -0.3 is 19.7 Å². The molecule has 3 rings (SSSR count). The van der Waals surface area contributed by atoms with Crippen LogP contribution in [-0.2, 0) is 9.59 Å². The largest absolute Gasteiger partial charge is 0.546 e. The maximum absolute atomic E-state index is 12.5.